The lowest BCUT2D eigenvalue weighted by atomic mass is 9.90. The molecule has 1 N–H and O–H groups in total. The van der Waals surface area contributed by atoms with Crippen molar-refractivity contribution in [2.45, 2.75) is 31.7 Å². The summed E-state index contributed by atoms with van der Waals surface area (Å²) in [6.45, 7) is 2.10. The predicted octanol–water partition coefficient (Wildman–Crippen LogP) is 0.607. The maximum absolute atomic E-state index is 11.1. The fourth-order valence-corrected chi connectivity index (χ4v) is 2.60. The Morgan fingerprint density at radius 1 is 1.46 bits per heavy atom. The Hall–Kier alpha value is -0.570. The number of hydrogen-bond acceptors (Lipinski definition) is 2. The molecule has 2 unspecified atom stereocenters. The summed E-state index contributed by atoms with van der Waals surface area (Å²) in [5.41, 5.74) is 0. The molecule has 0 spiro atoms. The second-order valence-electron chi connectivity index (χ2n) is 4.31. The lowest BCUT2D eigenvalue weighted by molar-refractivity contribution is -0.119. The predicted molar refractivity (Wildman–Crippen MR) is 51.4 cm³/mol. The van der Waals surface area contributed by atoms with Crippen LogP contribution >= 0.6 is 0 Å². The number of hydrogen-bond donors (Lipinski definition) is 1. The Labute approximate surface area is 79.5 Å². The molecule has 13 heavy (non-hydrogen) atoms. The molecule has 0 radical (unpaired) electrons. The van der Waals surface area contributed by atoms with E-state index in [0.29, 0.717) is 12.0 Å². The highest BCUT2D eigenvalue weighted by Crippen LogP contribution is 2.25. The summed E-state index contributed by atoms with van der Waals surface area (Å²) in [6.07, 6.45) is 4.67. The highest BCUT2D eigenvalue weighted by atomic mass is 16.1. The van der Waals surface area contributed by atoms with Crippen LogP contribution < -0.4 is 5.32 Å². The zero-order valence-corrected chi connectivity index (χ0v) is 8.25. The molecule has 2 fully saturated rings. The fourth-order valence-electron chi connectivity index (χ4n) is 2.60. The summed E-state index contributed by atoms with van der Waals surface area (Å²) in [5.74, 6) is 0.807. The van der Waals surface area contributed by atoms with Gasteiger partial charge in [0.05, 0.1) is 0 Å². The minimum Gasteiger partial charge on any atom is -0.356 e. The number of piperidine rings is 1. The van der Waals surface area contributed by atoms with Gasteiger partial charge in [-0.2, -0.15) is 0 Å². The van der Waals surface area contributed by atoms with Gasteiger partial charge in [0, 0.05) is 24.9 Å². The molecule has 0 aromatic carbocycles. The lowest BCUT2D eigenvalue weighted by Gasteiger charge is -2.35. The van der Waals surface area contributed by atoms with Gasteiger partial charge in [0.25, 0.3) is 0 Å². The average Bonchev–Trinajstić information content (AvgIpc) is 2.53. The summed E-state index contributed by atoms with van der Waals surface area (Å²) in [4.78, 5) is 13.5. The van der Waals surface area contributed by atoms with Crippen LogP contribution in [0.15, 0.2) is 0 Å². The first-order valence-corrected chi connectivity index (χ1v) is 5.24. The van der Waals surface area contributed by atoms with E-state index < -0.39 is 0 Å². The molecule has 2 aliphatic heterocycles. The normalized spacial score (nSPS) is 36.2. The van der Waals surface area contributed by atoms with Crippen molar-refractivity contribution in [2.75, 3.05) is 20.1 Å². The van der Waals surface area contributed by atoms with Gasteiger partial charge in [-0.05, 0) is 26.4 Å². The third-order valence-electron chi connectivity index (χ3n) is 3.38. The van der Waals surface area contributed by atoms with E-state index in [9.17, 15) is 4.79 Å². The van der Waals surface area contributed by atoms with Crippen LogP contribution in [0.25, 0.3) is 0 Å². The third-order valence-corrected chi connectivity index (χ3v) is 3.38. The molecule has 74 valence electrons. The fraction of sp³-hybridized carbons (Fsp3) is 0.900. The van der Waals surface area contributed by atoms with Crippen molar-refractivity contribution >= 4 is 5.91 Å². The molecular formula is C10H18N2O. The summed E-state index contributed by atoms with van der Waals surface area (Å²) in [6, 6.07) is 0.646. The van der Waals surface area contributed by atoms with Crippen molar-refractivity contribution in [1.82, 2.24) is 10.2 Å². The monoisotopic (exact) mass is 182 g/mol. The zero-order chi connectivity index (χ0) is 9.26. The van der Waals surface area contributed by atoms with Gasteiger partial charge in [0.1, 0.15) is 0 Å². The molecule has 3 nitrogen and oxygen atoms in total. The molecule has 0 bridgehead atoms. The molecule has 0 aromatic rings. The van der Waals surface area contributed by atoms with Crippen molar-refractivity contribution in [2.24, 2.45) is 5.92 Å². The minimum atomic E-state index is 0.240. The Bertz CT molecular complexity index is 205. The van der Waals surface area contributed by atoms with Crippen LogP contribution in [0, 0.1) is 5.92 Å². The maximum atomic E-state index is 11.1. The van der Waals surface area contributed by atoms with Crippen molar-refractivity contribution in [3.05, 3.63) is 0 Å². The molecule has 0 aromatic heterocycles. The van der Waals surface area contributed by atoms with Crippen LogP contribution in [-0.4, -0.2) is 37.0 Å². The second kappa shape index (κ2) is 3.66. The van der Waals surface area contributed by atoms with Gasteiger partial charge >= 0.3 is 0 Å². The van der Waals surface area contributed by atoms with E-state index in [1.54, 1.807) is 0 Å². The SMILES string of the molecule is CN1CCCCC1C1CNC(=O)C1. The van der Waals surface area contributed by atoms with Gasteiger partial charge in [-0.1, -0.05) is 6.42 Å². The van der Waals surface area contributed by atoms with Gasteiger partial charge in [0.2, 0.25) is 5.91 Å². The highest BCUT2D eigenvalue weighted by molar-refractivity contribution is 5.78. The van der Waals surface area contributed by atoms with E-state index in [1.807, 2.05) is 0 Å². The first kappa shape index (κ1) is 9.00. The number of amides is 1. The standard InChI is InChI=1S/C10H18N2O/c1-12-5-3-2-4-9(12)8-6-10(13)11-7-8/h8-9H,2-7H2,1H3,(H,11,13). The van der Waals surface area contributed by atoms with E-state index in [2.05, 4.69) is 17.3 Å². The van der Waals surface area contributed by atoms with Crippen molar-refractivity contribution in [1.29, 1.82) is 0 Å². The Balaban J connectivity index is 1.94. The lowest BCUT2D eigenvalue weighted by Crippen LogP contribution is -2.42. The Kier molecular flexibility index (Phi) is 2.54. The Morgan fingerprint density at radius 3 is 2.92 bits per heavy atom. The molecule has 0 aliphatic carbocycles. The average molecular weight is 182 g/mol. The van der Waals surface area contributed by atoms with Crippen LogP contribution in [0.1, 0.15) is 25.7 Å². The van der Waals surface area contributed by atoms with Gasteiger partial charge in [-0.3, -0.25) is 4.79 Å². The Morgan fingerprint density at radius 2 is 2.31 bits per heavy atom. The zero-order valence-electron chi connectivity index (χ0n) is 8.25. The van der Waals surface area contributed by atoms with Gasteiger partial charge in [-0.15, -0.1) is 0 Å². The van der Waals surface area contributed by atoms with Crippen LogP contribution in [0.4, 0.5) is 0 Å². The second-order valence-corrected chi connectivity index (χ2v) is 4.31. The summed E-state index contributed by atoms with van der Waals surface area (Å²) < 4.78 is 0. The van der Waals surface area contributed by atoms with Crippen molar-refractivity contribution < 1.29 is 4.79 Å². The highest BCUT2D eigenvalue weighted by Gasteiger charge is 2.32. The number of carbonyl (C=O) groups excluding carboxylic acids is 1. The smallest absolute Gasteiger partial charge is 0.220 e. The molecule has 0 saturated carbocycles. The molecular weight excluding hydrogens is 164 g/mol. The van der Waals surface area contributed by atoms with Gasteiger partial charge in [0.15, 0.2) is 0 Å². The number of carbonyl (C=O) groups is 1. The van der Waals surface area contributed by atoms with E-state index in [-0.39, 0.29) is 5.91 Å². The van der Waals surface area contributed by atoms with Crippen molar-refractivity contribution in [3.8, 4) is 0 Å². The first-order valence-electron chi connectivity index (χ1n) is 5.24. The minimum absolute atomic E-state index is 0.240. The van der Waals surface area contributed by atoms with E-state index in [4.69, 9.17) is 0 Å². The largest absolute Gasteiger partial charge is 0.356 e. The van der Waals surface area contributed by atoms with E-state index in [0.717, 1.165) is 13.0 Å². The number of nitrogens with zero attached hydrogens (tertiary/aromatic N) is 1. The van der Waals surface area contributed by atoms with Gasteiger partial charge < -0.3 is 10.2 Å². The van der Waals surface area contributed by atoms with E-state index in [1.165, 1.54) is 25.8 Å². The van der Waals surface area contributed by atoms with Crippen LogP contribution in [0.2, 0.25) is 0 Å². The quantitative estimate of drug-likeness (QED) is 0.644. The van der Waals surface area contributed by atoms with Crippen LogP contribution in [-0.2, 0) is 4.79 Å². The molecule has 2 atom stereocenters. The van der Waals surface area contributed by atoms with Crippen molar-refractivity contribution in [3.63, 3.8) is 0 Å². The number of rotatable bonds is 1. The topological polar surface area (TPSA) is 32.3 Å². The van der Waals surface area contributed by atoms with Crippen LogP contribution in [0.5, 0.6) is 0 Å². The van der Waals surface area contributed by atoms with E-state index >= 15 is 0 Å². The van der Waals surface area contributed by atoms with Crippen LogP contribution in [0.3, 0.4) is 0 Å². The summed E-state index contributed by atoms with van der Waals surface area (Å²) >= 11 is 0. The summed E-state index contributed by atoms with van der Waals surface area (Å²) in [5, 5.41) is 2.92. The molecule has 2 rings (SSSR count). The first-order chi connectivity index (χ1) is 6.27. The molecule has 1 amide bonds. The molecule has 2 saturated heterocycles. The summed E-state index contributed by atoms with van der Waals surface area (Å²) in [7, 11) is 2.19. The number of likely N-dealkylation sites (tertiary alicyclic amines) is 1. The van der Waals surface area contributed by atoms with Gasteiger partial charge in [-0.25, -0.2) is 0 Å². The number of nitrogens with one attached hydrogen (secondary N) is 1. The maximum Gasteiger partial charge on any atom is 0.220 e. The third kappa shape index (κ3) is 1.85. The molecule has 2 aliphatic rings. The molecule has 3 heteroatoms. The molecule has 2 heterocycles.